The zero-order valence-electron chi connectivity index (χ0n) is 15.1. The van der Waals surface area contributed by atoms with Crippen LogP contribution in [-0.2, 0) is 4.79 Å². The van der Waals surface area contributed by atoms with E-state index >= 15 is 0 Å². The summed E-state index contributed by atoms with van der Waals surface area (Å²) in [5, 5.41) is 0. The third-order valence-corrected chi connectivity index (χ3v) is 4.88. The standard InChI is InChI=1S/C23H16BrFN2O/c1-15-6-4-9-18(12-15)27-22(19-10-2-3-11-20(19)25)26-21(23(27)28)14-16-7-5-8-17(24)13-16/h2-14H,1H3/b21-14+. The van der Waals surface area contributed by atoms with Gasteiger partial charge in [0.2, 0.25) is 0 Å². The summed E-state index contributed by atoms with van der Waals surface area (Å²) in [5.41, 5.74) is 3.04. The number of carbonyl (C=O) groups excluding carboxylic acids is 1. The number of carbonyl (C=O) groups is 1. The van der Waals surface area contributed by atoms with Gasteiger partial charge in [0.15, 0.2) is 5.84 Å². The van der Waals surface area contributed by atoms with Crippen molar-refractivity contribution in [2.75, 3.05) is 4.90 Å². The van der Waals surface area contributed by atoms with Crippen molar-refractivity contribution in [3.8, 4) is 0 Å². The molecule has 3 aromatic rings. The number of aryl methyl sites for hydroxylation is 1. The van der Waals surface area contributed by atoms with Crippen LogP contribution in [0.5, 0.6) is 0 Å². The summed E-state index contributed by atoms with van der Waals surface area (Å²) in [6, 6.07) is 21.4. The zero-order chi connectivity index (χ0) is 19.7. The number of hydrogen-bond donors (Lipinski definition) is 0. The van der Waals surface area contributed by atoms with Crippen LogP contribution in [0.4, 0.5) is 10.1 Å². The van der Waals surface area contributed by atoms with Crippen molar-refractivity contribution in [1.29, 1.82) is 0 Å². The SMILES string of the molecule is Cc1cccc(N2C(=O)/C(=C\c3cccc(Br)c3)N=C2c2ccccc2F)c1. The van der Waals surface area contributed by atoms with E-state index in [1.807, 2.05) is 55.5 Å². The molecular formula is C23H16BrFN2O. The second-order valence-corrected chi connectivity index (χ2v) is 7.40. The maximum atomic E-state index is 14.5. The largest absolute Gasteiger partial charge is 0.282 e. The van der Waals surface area contributed by atoms with Crippen molar-refractivity contribution < 1.29 is 9.18 Å². The number of halogens is 2. The normalized spacial score (nSPS) is 15.2. The topological polar surface area (TPSA) is 32.7 Å². The Hall–Kier alpha value is -3.05. The average Bonchev–Trinajstić information content (AvgIpc) is 2.98. The van der Waals surface area contributed by atoms with Crippen molar-refractivity contribution >= 4 is 39.4 Å². The van der Waals surface area contributed by atoms with Crippen LogP contribution < -0.4 is 4.90 Å². The molecule has 0 spiro atoms. The molecule has 4 rings (SSSR count). The molecule has 0 saturated carbocycles. The molecule has 0 radical (unpaired) electrons. The fourth-order valence-corrected chi connectivity index (χ4v) is 3.52. The molecule has 0 bridgehead atoms. The molecule has 1 aliphatic rings. The third kappa shape index (κ3) is 3.53. The summed E-state index contributed by atoms with van der Waals surface area (Å²) in [6.07, 6.45) is 1.71. The highest BCUT2D eigenvalue weighted by Gasteiger charge is 2.33. The lowest BCUT2D eigenvalue weighted by molar-refractivity contribution is -0.113. The number of amidine groups is 1. The minimum Gasteiger partial charge on any atom is -0.266 e. The van der Waals surface area contributed by atoms with Crippen LogP contribution in [0.2, 0.25) is 0 Å². The molecule has 0 N–H and O–H groups in total. The summed E-state index contributed by atoms with van der Waals surface area (Å²) < 4.78 is 15.4. The zero-order valence-corrected chi connectivity index (χ0v) is 16.7. The maximum Gasteiger partial charge on any atom is 0.282 e. The molecule has 0 atom stereocenters. The number of hydrogen-bond acceptors (Lipinski definition) is 2. The Morgan fingerprint density at radius 2 is 1.79 bits per heavy atom. The van der Waals surface area contributed by atoms with Gasteiger partial charge in [-0.05, 0) is 60.5 Å². The first kappa shape index (κ1) is 18.3. The quantitative estimate of drug-likeness (QED) is 0.484. The molecule has 1 heterocycles. The van der Waals surface area contributed by atoms with Gasteiger partial charge in [0, 0.05) is 4.47 Å². The van der Waals surface area contributed by atoms with Crippen molar-refractivity contribution in [2.24, 2.45) is 4.99 Å². The summed E-state index contributed by atoms with van der Waals surface area (Å²) >= 11 is 3.43. The number of aliphatic imine (C=N–C) groups is 1. The Kier molecular flexibility index (Phi) is 4.92. The smallest absolute Gasteiger partial charge is 0.266 e. The first-order valence-electron chi connectivity index (χ1n) is 8.75. The monoisotopic (exact) mass is 434 g/mol. The van der Waals surface area contributed by atoms with Crippen molar-refractivity contribution in [1.82, 2.24) is 0 Å². The molecular weight excluding hydrogens is 419 g/mol. The highest BCUT2D eigenvalue weighted by Crippen LogP contribution is 2.29. The van der Waals surface area contributed by atoms with E-state index < -0.39 is 5.82 Å². The van der Waals surface area contributed by atoms with E-state index in [0.717, 1.165) is 15.6 Å². The summed E-state index contributed by atoms with van der Waals surface area (Å²) in [7, 11) is 0. The van der Waals surface area contributed by atoms with Crippen LogP contribution in [0.1, 0.15) is 16.7 Å². The molecule has 138 valence electrons. The predicted molar refractivity (Wildman–Crippen MR) is 114 cm³/mol. The Labute approximate surface area is 171 Å². The van der Waals surface area contributed by atoms with Crippen LogP contribution in [-0.4, -0.2) is 11.7 Å². The number of nitrogens with zero attached hydrogens (tertiary/aromatic N) is 2. The van der Waals surface area contributed by atoms with Gasteiger partial charge in [-0.2, -0.15) is 0 Å². The molecule has 5 heteroatoms. The van der Waals surface area contributed by atoms with Gasteiger partial charge < -0.3 is 0 Å². The van der Waals surface area contributed by atoms with Gasteiger partial charge in [-0.3, -0.25) is 9.69 Å². The fraction of sp³-hybridized carbons (Fsp3) is 0.0435. The molecule has 28 heavy (non-hydrogen) atoms. The Balaban J connectivity index is 1.87. The third-order valence-electron chi connectivity index (χ3n) is 4.39. The number of amides is 1. The van der Waals surface area contributed by atoms with E-state index in [4.69, 9.17) is 0 Å². The average molecular weight is 435 g/mol. The summed E-state index contributed by atoms with van der Waals surface area (Å²) in [4.78, 5) is 19.2. The van der Waals surface area contributed by atoms with E-state index in [9.17, 15) is 9.18 Å². The van der Waals surface area contributed by atoms with Crippen molar-refractivity contribution in [2.45, 2.75) is 6.92 Å². The minimum absolute atomic E-state index is 0.262. The number of benzene rings is 3. The van der Waals surface area contributed by atoms with Crippen LogP contribution in [0.25, 0.3) is 6.08 Å². The van der Waals surface area contributed by atoms with Crippen molar-refractivity contribution in [3.63, 3.8) is 0 Å². The molecule has 1 aliphatic heterocycles. The van der Waals surface area contributed by atoms with E-state index in [0.29, 0.717) is 5.69 Å². The maximum absolute atomic E-state index is 14.5. The van der Waals surface area contributed by atoms with Crippen LogP contribution in [0, 0.1) is 12.7 Å². The van der Waals surface area contributed by atoms with Gasteiger partial charge in [0.05, 0.1) is 11.3 Å². The van der Waals surface area contributed by atoms with Gasteiger partial charge in [-0.15, -0.1) is 0 Å². The molecule has 0 aromatic heterocycles. The lowest BCUT2D eigenvalue weighted by Gasteiger charge is -2.19. The summed E-state index contributed by atoms with van der Waals surface area (Å²) in [6.45, 7) is 1.95. The Bertz CT molecular complexity index is 1140. The highest BCUT2D eigenvalue weighted by molar-refractivity contribution is 9.10. The molecule has 0 aliphatic carbocycles. The molecule has 3 aromatic carbocycles. The minimum atomic E-state index is -0.421. The van der Waals surface area contributed by atoms with E-state index in [1.165, 1.54) is 11.0 Å². The number of rotatable bonds is 3. The van der Waals surface area contributed by atoms with Crippen LogP contribution in [0.15, 0.2) is 88.0 Å². The predicted octanol–water partition coefficient (Wildman–Crippen LogP) is 5.73. The Morgan fingerprint density at radius 1 is 1.00 bits per heavy atom. The molecule has 3 nitrogen and oxygen atoms in total. The molecule has 1 amide bonds. The van der Waals surface area contributed by atoms with Gasteiger partial charge in [-0.25, -0.2) is 9.38 Å². The van der Waals surface area contributed by atoms with Crippen molar-refractivity contribution in [3.05, 3.63) is 105 Å². The highest BCUT2D eigenvalue weighted by atomic mass is 79.9. The van der Waals surface area contributed by atoms with Crippen LogP contribution >= 0.6 is 15.9 Å². The molecule has 0 unspecified atom stereocenters. The first-order chi connectivity index (χ1) is 13.5. The second kappa shape index (κ2) is 7.52. The van der Waals surface area contributed by atoms with Gasteiger partial charge >= 0.3 is 0 Å². The molecule has 0 saturated heterocycles. The van der Waals surface area contributed by atoms with E-state index in [-0.39, 0.29) is 23.0 Å². The lowest BCUT2D eigenvalue weighted by atomic mass is 10.1. The van der Waals surface area contributed by atoms with Gasteiger partial charge in [0.1, 0.15) is 11.5 Å². The second-order valence-electron chi connectivity index (χ2n) is 6.48. The Morgan fingerprint density at radius 3 is 2.54 bits per heavy atom. The van der Waals surface area contributed by atoms with E-state index in [1.54, 1.807) is 24.3 Å². The van der Waals surface area contributed by atoms with Gasteiger partial charge in [0.25, 0.3) is 5.91 Å². The fourth-order valence-electron chi connectivity index (χ4n) is 3.10. The van der Waals surface area contributed by atoms with E-state index in [2.05, 4.69) is 20.9 Å². The summed E-state index contributed by atoms with van der Waals surface area (Å²) in [5.74, 6) is -0.422. The number of anilines is 1. The lowest BCUT2D eigenvalue weighted by Crippen LogP contribution is -2.33. The molecule has 0 fully saturated rings. The van der Waals surface area contributed by atoms with Gasteiger partial charge in [-0.1, -0.05) is 52.3 Å². The first-order valence-corrected chi connectivity index (χ1v) is 9.54. The van der Waals surface area contributed by atoms with Crippen LogP contribution in [0.3, 0.4) is 0 Å².